The third kappa shape index (κ3) is 3.22. The lowest BCUT2D eigenvalue weighted by Gasteiger charge is -2.14. The van der Waals surface area contributed by atoms with Crippen LogP contribution in [0, 0.1) is 19.1 Å². The average molecular weight is 361 g/mol. The van der Waals surface area contributed by atoms with Gasteiger partial charge in [-0.1, -0.05) is 0 Å². The molecule has 0 amide bonds. The van der Waals surface area contributed by atoms with Crippen LogP contribution in [0.4, 0.5) is 0 Å². The monoisotopic (exact) mass is 361 g/mol. The van der Waals surface area contributed by atoms with Crippen molar-refractivity contribution < 1.29 is 18.8 Å². The molecule has 7 nitrogen and oxygen atoms in total. The molecule has 0 spiro atoms. The minimum atomic E-state index is -1.50. The summed E-state index contributed by atoms with van der Waals surface area (Å²) < 4.78 is 24.0. The molecule has 1 unspecified atom stereocenters. The summed E-state index contributed by atoms with van der Waals surface area (Å²) in [4.78, 5) is 7.40. The highest BCUT2D eigenvalue weighted by atomic mass is 32.2. The van der Waals surface area contributed by atoms with Gasteiger partial charge in [0.2, 0.25) is 5.69 Å². The van der Waals surface area contributed by atoms with E-state index in [2.05, 4.69) is 9.97 Å². The molecule has 0 radical (unpaired) electrons. The fourth-order valence-corrected chi connectivity index (χ4v) is 3.93. The standard InChI is InChI=1S/C17H19N3O4S/c1-10-8-20(21)15(11(2)16(10)24-4)9-25(22)17-18-13-6-5-12(23-3)7-14(13)19-17/h5-8H,9H2,1-4H3,(H,18,19). The maximum atomic E-state index is 12.7. The van der Waals surface area contributed by atoms with Crippen molar-refractivity contribution in [2.24, 2.45) is 0 Å². The van der Waals surface area contributed by atoms with Gasteiger partial charge in [0.1, 0.15) is 11.5 Å². The number of aromatic amines is 1. The summed E-state index contributed by atoms with van der Waals surface area (Å²) in [5.41, 5.74) is 3.25. The van der Waals surface area contributed by atoms with Crippen molar-refractivity contribution in [2.75, 3.05) is 14.2 Å². The summed E-state index contributed by atoms with van der Waals surface area (Å²) in [6.45, 7) is 3.59. The number of methoxy groups -OCH3 is 2. The van der Waals surface area contributed by atoms with Gasteiger partial charge in [0.15, 0.2) is 11.9 Å². The van der Waals surface area contributed by atoms with Gasteiger partial charge < -0.3 is 19.2 Å². The van der Waals surface area contributed by atoms with Crippen molar-refractivity contribution in [3.05, 3.63) is 46.4 Å². The quantitative estimate of drug-likeness (QED) is 0.427. The molecule has 0 aliphatic carbocycles. The molecular formula is C17H19N3O4S. The summed E-state index contributed by atoms with van der Waals surface area (Å²) in [6.07, 6.45) is 1.43. The summed E-state index contributed by atoms with van der Waals surface area (Å²) in [5.74, 6) is 1.35. The molecule has 1 aromatic carbocycles. The van der Waals surface area contributed by atoms with Crippen LogP contribution in [0.15, 0.2) is 29.6 Å². The Kier molecular flexibility index (Phi) is 4.73. The van der Waals surface area contributed by atoms with Crippen LogP contribution >= 0.6 is 0 Å². The molecule has 0 aliphatic heterocycles. The number of rotatable bonds is 5. The summed E-state index contributed by atoms with van der Waals surface area (Å²) >= 11 is -1.50. The first-order chi connectivity index (χ1) is 11.9. The van der Waals surface area contributed by atoms with E-state index in [1.54, 1.807) is 40.2 Å². The number of aryl methyl sites for hydroxylation is 1. The summed E-state index contributed by atoms with van der Waals surface area (Å²) in [7, 11) is 3.13. The molecule has 3 rings (SSSR count). The minimum absolute atomic E-state index is 0.0446. The van der Waals surface area contributed by atoms with Gasteiger partial charge in [-0.05, 0) is 26.0 Å². The number of nitrogens with zero attached hydrogens (tertiary/aromatic N) is 2. The van der Waals surface area contributed by atoms with E-state index in [1.165, 1.54) is 6.20 Å². The van der Waals surface area contributed by atoms with Crippen molar-refractivity contribution in [1.29, 1.82) is 0 Å². The maximum Gasteiger partial charge on any atom is 0.322 e. The smallest absolute Gasteiger partial charge is 0.322 e. The highest BCUT2D eigenvalue weighted by Crippen LogP contribution is 2.26. The zero-order valence-corrected chi connectivity index (χ0v) is 15.3. The molecule has 3 aromatic rings. The number of H-pyrrole nitrogens is 1. The molecule has 0 saturated carbocycles. The second-order valence-electron chi connectivity index (χ2n) is 5.66. The zero-order valence-electron chi connectivity index (χ0n) is 14.5. The number of imidazole rings is 1. The van der Waals surface area contributed by atoms with Crippen LogP contribution in [0.1, 0.15) is 16.8 Å². The Morgan fingerprint density at radius 3 is 2.68 bits per heavy atom. The Labute approximate surface area is 148 Å². The molecule has 0 aliphatic rings. The van der Waals surface area contributed by atoms with E-state index < -0.39 is 11.2 Å². The van der Waals surface area contributed by atoms with Gasteiger partial charge in [-0.25, -0.2) is 0 Å². The number of hydrogen-bond donors (Lipinski definition) is 1. The highest BCUT2D eigenvalue weighted by Gasteiger charge is 2.26. The summed E-state index contributed by atoms with van der Waals surface area (Å²) in [5, 5.41) is 12.6. The molecule has 2 aromatic heterocycles. The number of ether oxygens (including phenoxy) is 2. The fraction of sp³-hybridized carbons (Fsp3) is 0.294. The van der Waals surface area contributed by atoms with Crippen LogP contribution in [0.5, 0.6) is 11.5 Å². The Morgan fingerprint density at radius 1 is 1.24 bits per heavy atom. The zero-order chi connectivity index (χ0) is 18.1. The number of pyridine rings is 1. The van der Waals surface area contributed by atoms with Crippen LogP contribution < -0.4 is 14.2 Å². The number of fused-ring (bicyclic) bond motifs is 1. The van der Waals surface area contributed by atoms with Crippen LogP contribution in [-0.4, -0.2) is 28.7 Å². The third-order valence-electron chi connectivity index (χ3n) is 4.06. The first-order valence-electron chi connectivity index (χ1n) is 7.63. The van der Waals surface area contributed by atoms with Crippen LogP contribution in [0.25, 0.3) is 11.0 Å². The molecule has 25 heavy (non-hydrogen) atoms. The van der Waals surface area contributed by atoms with Gasteiger partial charge in [-0.15, -0.1) is 0 Å². The lowest BCUT2D eigenvalue weighted by Crippen LogP contribution is -2.35. The molecule has 0 saturated heterocycles. The van der Waals surface area contributed by atoms with E-state index in [0.717, 1.165) is 15.8 Å². The van der Waals surface area contributed by atoms with Gasteiger partial charge >= 0.3 is 5.16 Å². The first-order valence-corrected chi connectivity index (χ1v) is 8.94. The van der Waals surface area contributed by atoms with Crippen LogP contribution in [-0.2, 0) is 16.9 Å². The molecule has 2 heterocycles. The third-order valence-corrected chi connectivity index (χ3v) is 5.22. The van der Waals surface area contributed by atoms with E-state index in [0.29, 0.717) is 33.4 Å². The van der Waals surface area contributed by atoms with Crippen LogP contribution in [0.3, 0.4) is 0 Å². The second-order valence-corrected chi connectivity index (χ2v) is 7.02. The lowest BCUT2D eigenvalue weighted by atomic mass is 10.1. The SMILES string of the molecule is COc1ccc2[nH]c([S+]([O-])Cc3c(C)c(OC)c(C)c[n+]3[O-])nc2c1. The molecule has 8 heteroatoms. The Bertz CT molecular complexity index is 926. The van der Waals surface area contributed by atoms with E-state index in [9.17, 15) is 9.76 Å². The van der Waals surface area contributed by atoms with Crippen molar-refractivity contribution in [1.82, 2.24) is 9.97 Å². The van der Waals surface area contributed by atoms with Gasteiger partial charge in [0.25, 0.3) is 0 Å². The molecular weight excluding hydrogens is 342 g/mol. The van der Waals surface area contributed by atoms with Crippen molar-refractivity contribution >= 4 is 22.2 Å². The fourth-order valence-electron chi connectivity index (χ4n) is 2.78. The number of hydrogen-bond acceptors (Lipinski definition) is 5. The Morgan fingerprint density at radius 2 is 2.00 bits per heavy atom. The molecule has 0 fully saturated rings. The normalized spacial score (nSPS) is 12.4. The van der Waals surface area contributed by atoms with Gasteiger partial charge in [-0.3, -0.25) is 4.98 Å². The average Bonchev–Trinajstić information content (AvgIpc) is 3.01. The first kappa shape index (κ1) is 17.4. The largest absolute Gasteiger partial charge is 0.618 e. The summed E-state index contributed by atoms with van der Waals surface area (Å²) in [6, 6.07) is 5.38. The number of nitrogens with one attached hydrogen (secondary N) is 1. The van der Waals surface area contributed by atoms with Gasteiger partial charge in [0.05, 0.1) is 36.4 Å². The van der Waals surface area contributed by atoms with E-state index in [1.807, 2.05) is 6.07 Å². The van der Waals surface area contributed by atoms with E-state index in [4.69, 9.17) is 9.47 Å². The predicted molar refractivity (Wildman–Crippen MR) is 94.2 cm³/mol. The second kappa shape index (κ2) is 6.81. The predicted octanol–water partition coefficient (Wildman–Crippen LogP) is 2.14. The van der Waals surface area contributed by atoms with Gasteiger partial charge in [0, 0.05) is 17.2 Å². The molecule has 0 bridgehead atoms. The molecule has 1 N–H and O–H groups in total. The minimum Gasteiger partial charge on any atom is -0.618 e. The highest BCUT2D eigenvalue weighted by molar-refractivity contribution is 7.90. The van der Waals surface area contributed by atoms with Crippen molar-refractivity contribution in [3.63, 3.8) is 0 Å². The molecule has 132 valence electrons. The Balaban J connectivity index is 1.93. The lowest BCUT2D eigenvalue weighted by molar-refractivity contribution is -0.613. The topological polar surface area (TPSA) is 97.1 Å². The van der Waals surface area contributed by atoms with E-state index >= 15 is 0 Å². The number of benzene rings is 1. The van der Waals surface area contributed by atoms with Crippen molar-refractivity contribution in [2.45, 2.75) is 24.8 Å². The van der Waals surface area contributed by atoms with Crippen LogP contribution in [0.2, 0.25) is 0 Å². The Hall–Kier alpha value is -2.45. The van der Waals surface area contributed by atoms with Gasteiger partial charge in [-0.2, -0.15) is 9.71 Å². The number of aromatic nitrogens is 3. The maximum absolute atomic E-state index is 12.7. The van der Waals surface area contributed by atoms with E-state index in [-0.39, 0.29) is 5.75 Å². The molecule has 1 atom stereocenters. The van der Waals surface area contributed by atoms with Crippen molar-refractivity contribution in [3.8, 4) is 11.5 Å².